The SMILES string of the molecule is COc1ccc(-c2noc(C(=O)N[C@@H](C#N)Cc3ccc(C(=O)N4CCC4)cc3)n2)cc1OC. The molecule has 0 saturated carbocycles. The van der Waals surface area contributed by atoms with Crippen molar-refractivity contribution in [3.63, 3.8) is 0 Å². The van der Waals surface area contributed by atoms with Crippen LogP contribution in [0.15, 0.2) is 47.0 Å². The molecule has 2 heterocycles. The number of amides is 2. The van der Waals surface area contributed by atoms with E-state index < -0.39 is 11.9 Å². The number of nitrogens with zero attached hydrogens (tertiary/aromatic N) is 4. The molecule has 0 bridgehead atoms. The summed E-state index contributed by atoms with van der Waals surface area (Å²) in [7, 11) is 3.04. The number of hydrogen-bond donors (Lipinski definition) is 1. The van der Waals surface area contributed by atoms with E-state index in [1.165, 1.54) is 14.2 Å². The fourth-order valence-corrected chi connectivity index (χ4v) is 3.48. The van der Waals surface area contributed by atoms with Gasteiger partial charge in [0.1, 0.15) is 6.04 Å². The summed E-state index contributed by atoms with van der Waals surface area (Å²) in [6.45, 7) is 1.57. The normalized spacial score (nSPS) is 13.4. The summed E-state index contributed by atoms with van der Waals surface area (Å²) in [5, 5.41) is 16.0. The van der Waals surface area contributed by atoms with Crippen molar-refractivity contribution in [1.82, 2.24) is 20.4 Å². The lowest BCUT2D eigenvalue weighted by Gasteiger charge is -2.30. The van der Waals surface area contributed by atoms with E-state index in [9.17, 15) is 14.9 Å². The van der Waals surface area contributed by atoms with Crippen molar-refractivity contribution >= 4 is 11.8 Å². The van der Waals surface area contributed by atoms with Gasteiger partial charge in [0, 0.05) is 30.6 Å². The average Bonchev–Trinajstić information content (AvgIpc) is 3.33. The summed E-state index contributed by atoms with van der Waals surface area (Å²) >= 11 is 0. The molecule has 1 fully saturated rings. The minimum Gasteiger partial charge on any atom is -0.493 e. The van der Waals surface area contributed by atoms with Gasteiger partial charge in [-0.2, -0.15) is 10.2 Å². The molecule has 1 saturated heterocycles. The topological polar surface area (TPSA) is 131 Å². The molecule has 10 nitrogen and oxygen atoms in total. The van der Waals surface area contributed by atoms with Crippen LogP contribution in [0.3, 0.4) is 0 Å². The fourth-order valence-electron chi connectivity index (χ4n) is 3.48. The molecule has 4 rings (SSSR count). The Morgan fingerprint density at radius 2 is 1.88 bits per heavy atom. The minimum absolute atomic E-state index is 0.00427. The number of nitrogens with one attached hydrogen (secondary N) is 1. The fraction of sp³-hybridized carbons (Fsp3) is 0.292. The zero-order valence-electron chi connectivity index (χ0n) is 18.8. The Morgan fingerprint density at radius 1 is 1.15 bits per heavy atom. The van der Waals surface area contributed by atoms with Gasteiger partial charge in [-0.3, -0.25) is 9.59 Å². The zero-order chi connectivity index (χ0) is 24.1. The van der Waals surface area contributed by atoms with Gasteiger partial charge in [-0.1, -0.05) is 17.3 Å². The molecule has 1 atom stereocenters. The standard InChI is InChI=1S/C24H23N5O5/c1-32-19-9-8-17(13-20(19)33-2)21-27-23(34-28-21)22(30)26-18(14-25)12-15-4-6-16(7-5-15)24(31)29-10-3-11-29/h4-9,13,18H,3,10-12H2,1-2H3,(H,26,30)/t18-/m1/s1. The Labute approximate surface area is 196 Å². The van der Waals surface area contributed by atoms with Crippen LogP contribution >= 0.6 is 0 Å². The molecule has 3 aromatic rings. The third kappa shape index (κ3) is 4.83. The van der Waals surface area contributed by atoms with E-state index in [4.69, 9.17) is 14.0 Å². The van der Waals surface area contributed by atoms with Gasteiger partial charge in [-0.05, 0) is 42.3 Å². The van der Waals surface area contributed by atoms with Crippen molar-refractivity contribution in [1.29, 1.82) is 5.26 Å². The van der Waals surface area contributed by atoms with E-state index in [-0.39, 0.29) is 24.0 Å². The number of carbonyl (C=O) groups is 2. The van der Waals surface area contributed by atoms with E-state index in [0.717, 1.165) is 25.1 Å². The molecule has 1 aromatic heterocycles. The molecule has 0 spiro atoms. The Morgan fingerprint density at radius 3 is 2.50 bits per heavy atom. The van der Waals surface area contributed by atoms with E-state index in [1.807, 2.05) is 0 Å². The van der Waals surface area contributed by atoms with Gasteiger partial charge in [0.15, 0.2) is 11.5 Å². The van der Waals surface area contributed by atoms with Crippen molar-refractivity contribution in [3.8, 4) is 29.0 Å². The average molecular weight is 461 g/mol. The highest BCUT2D eigenvalue weighted by atomic mass is 16.5. The van der Waals surface area contributed by atoms with E-state index in [0.29, 0.717) is 22.6 Å². The summed E-state index contributed by atoms with van der Waals surface area (Å²) < 4.78 is 15.6. The van der Waals surface area contributed by atoms with E-state index in [2.05, 4.69) is 21.5 Å². The molecule has 34 heavy (non-hydrogen) atoms. The number of benzene rings is 2. The summed E-state index contributed by atoms with van der Waals surface area (Å²) in [5.41, 5.74) is 1.99. The monoisotopic (exact) mass is 461 g/mol. The third-order valence-corrected chi connectivity index (χ3v) is 5.51. The van der Waals surface area contributed by atoms with Crippen LogP contribution in [0.4, 0.5) is 0 Å². The van der Waals surface area contributed by atoms with Crippen molar-refractivity contribution in [2.45, 2.75) is 18.9 Å². The summed E-state index contributed by atoms with van der Waals surface area (Å²) in [6, 6.07) is 13.4. The van der Waals surface area contributed by atoms with Crippen molar-refractivity contribution in [3.05, 3.63) is 59.5 Å². The second kappa shape index (κ2) is 10.0. The highest BCUT2D eigenvalue weighted by Gasteiger charge is 2.23. The van der Waals surface area contributed by atoms with Gasteiger partial charge in [0.2, 0.25) is 5.82 Å². The van der Waals surface area contributed by atoms with Gasteiger partial charge in [0.05, 0.1) is 20.3 Å². The van der Waals surface area contributed by atoms with Crippen LogP contribution in [-0.2, 0) is 6.42 Å². The molecule has 10 heteroatoms. The second-order valence-corrected chi connectivity index (χ2v) is 7.69. The van der Waals surface area contributed by atoms with Gasteiger partial charge in [-0.25, -0.2) is 0 Å². The summed E-state index contributed by atoms with van der Waals surface area (Å²) in [4.78, 5) is 30.8. The third-order valence-electron chi connectivity index (χ3n) is 5.51. The molecule has 2 amide bonds. The number of nitriles is 1. The number of ether oxygens (including phenoxy) is 2. The lowest BCUT2D eigenvalue weighted by atomic mass is 10.0. The van der Waals surface area contributed by atoms with Crippen molar-refractivity contribution in [2.75, 3.05) is 27.3 Å². The van der Waals surface area contributed by atoms with Gasteiger partial charge in [0.25, 0.3) is 5.91 Å². The molecule has 1 N–H and O–H groups in total. The maximum Gasteiger partial charge on any atom is 0.316 e. The first kappa shape index (κ1) is 22.8. The Bertz CT molecular complexity index is 1230. The lowest BCUT2D eigenvalue weighted by Crippen LogP contribution is -2.42. The van der Waals surface area contributed by atoms with Crippen molar-refractivity contribution in [2.24, 2.45) is 0 Å². The summed E-state index contributed by atoms with van der Waals surface area (Å²) in [5.74, 6) is 0.308. The molecule has 1 aliphatic rings. The number of likely N-dealkylation sites (tertiary alicyclic amines) is 1. The molecule has 0 unspecified atom stereocenters. The molecule has 174 valence electrons. The van der Waals surface area contributed by atoms with Crippen molar-refractivity contribution < 1.29 is 23.6 Å². The first-order valence-electron chi connectivity index (χ1n) is 10.7. The lowest BCUT2D eigenvalue weighted by molar-refractivity contribution is 0.0651. The predicted octanol–water partition coefficient (Wildman–Crippen LogP) is 2.46. The Balaban J connectivity index is 1.39. The van der Waals surface area contributed by atoms with E-state index in [1.54, 1.807) is 47.4 Å². The maximum absolute atomic E-state index is 12.6. The summed E-state index contributed by atoms with van der Waals surface area (Å²) in [6.07, 6.45) is 1.29. The van der Waals surface area contributed by atoms with Crippen LogP contribution in [0.5, 0.6) is 11.5 Å². The highest BCUT2D eigenvalue weighted by molar-refractivity contribution is 5.94. The van der Waals surface area contributed by atoms with Crippen LogP contribution in [0.2, 0.25) is 0 Å². The largest absolute Gasteiger partial charge is 0.493 e. The quantitative estimate of drug-likeness (QED) is 0.541. The molecule has 1 aliphatic heterocycles. The smallest absolute Gasteiger partial charge is 0.316 e. The van der Waals surface area contributed by atoms with Gasteiger partial charge >= 0.3 is 11.8 Å². The van der Waals surface area contributed by atoms with Crippen LogP contribution < -0.4 is 14.8 Å². The molecule has 0 aliphatic carbocycles. The van der Waals surface area contributed by atoms with Crippen LogP contribution in [0, 0.1) is 11.3 Å². The van der Waals surface area contributed by atoms with E-state index >= 15 is 0 Å². The predicted molar refractivity (Wildman–Crippen MR) is 120 cm³/mol. The zero-order valence-corrected chi connectivity index (χ0v) is 18.8. The first-order chi connectivity index (χ1) is 16.5. The Hall–Kier alpha value is -4.39. The Kier molecular flexibility index (Phi) is 6.73. The van der Waals surface area contributed by atoms with Gasteiger partial charge in [-0.15, -0.1) is 0 Å². The van der Waals surface area contributed by atoms with Crippen LogP contribution in [-0.4, -0.2) is 60.2 Å². The highest BCUT2D eigenvalue weighted by Crippen LogP contribution is 2.31. The number of rotatable bonds is 8. The number of aromatic nitrogens is 2. The molecule has 0 radical (unpaired) electrons. The molecular formula is C24H23N5O5. The minimum atomic E-state index is -0.819. The maximum atomic E-state index is 12.6. The molecule has 2 aromatic carbocycles. The van der Waals surface area contributed by atoms with Crippen LogP contribution in [0.25, 0.3) is 11.4 Å². The van der Waals surface area contributed by atoms with Crippen LogP contribution in [0.1, 0.15) is 33.0 Å². The number of hydrogen-bond acceptors (Lipinski definition) is 8. The first-order valence-corrected chi connectivity index (χ1v) is 10.7. The van der Waals surface area contributed by atoms with Gasteiger partial charge < -0.3 is 24.2 Å². The second-order valence-electron chi connectivity index (χ2n) is 7.69. The number of methoxy groups -OCH3 is 2. The molecular weight excluding hydrogens is 438 g/mol. The number of carbonyl (C=O) groups excluding carboxylic acids is 2.